The maximum atomic E-state index is 12.9. The lowest BCUT2D eigenvalue weighted by atomic mass is 10.1. The van der Waals surface area contributed by atoms with Gasteiger partial charge in [-0.2, -0.15) is 0 Å². The number of rotatable bonds is 7. The van der Waals surface area contributed by atoms with Crippen molar-refractivity contribution in [2.75, 3.05) is 29.6 Å². The van der Waals surface area contributed by atoms with E-state index in [1.807, 2.05) is 0 Å². The predicted octanol–water partition coefficient (Wildman–Crippen LogP) is 2.97. The van der Waals surface area contributed by atoms with E-state index in [2.05, 4.69) is 15.3 Å². The van der Waals surface area contributed by atoms with Crippen LogP contribution in [-0.2, 0) is 19.7 Å². The fourth-order valence-corrected chi connectivity index (χ4v) is 6.35. The van der Waals surface area contributed by atoms with Gasteiger partial charge in [0.15, 0.2) is 19.7 Å². The minimum atomic E-state index is -3.51. The Morgan fingerprint density at radius 3 is 2.14 bits per heavy atom. The van der Waals surface area contributed by atoms with Crippen LogP contribution < -0.4 is 10.2 Å². The SMILES string of the molecule is CS(=O)(=O)c1ccc(Nc2ncnc(N3CCC(S(=O)(=O)c4ccccc4)CC3)c2[N+](=O)[O-])cc1. The Balaban J connectivity index is 1.55. The Morgan fingerprint density at radius 1 is 0.943 bits per heavy atom. The summed E-state index contributed by atoms with van der Waals surface area (Å²) in [5.41, 5.74) is 0.0712. The number of hydrogen-bond donors (Lipinski definition) is 1. The number of piperidine rings is 1. The molecule has 1 aliphatic heterocycles. The van der Waals surface area contributed by atoms with Crippen LogP contribution in [0.25, 0.3) is 0 Å². The average Bonchev–Trinajstić information content (AvgIpc) is 2.84. The molecule has 35 heavy (non-hydrogen) atoms. The molecule has 1 aromatic heterocycles. The molecule has 2 aromatic carbocycles. The third-order valence-corrected chi connectivity index (χ3v) is 9.19. The first-order valence-electron chi connectivity index (χ1n) is 10.7. The lowest BCUT2D eigenvalue weighted by Gasteiger charge is -2.32. The summed E-state index contributed by atoms with van der Waals surface area (Å²) < 4.78 is 49.2. The first kappa shape index (κ1) is 24.5. The van der Waals surface area contributed by atoms with E-state index in [-0.39, 0.29) is 40.2 Å². The number of nitrogens with zero attached hydrogens (tertiary/aromatic N) is 4. The van der Waals surface area contributed by atoms with Crippen LogP contribution >= 0.6 is 0 Å². The van der Waals surface area contributed by atoms with Gasteiger partial charge in [0, 0.05) is 25.0 Å². The lowest BCUT2D eigenvalue weighted by Crippen LogP contribution is -2.40. The molecule has 0 atom stereocenters. The first-order chi connectivity index (χ1) is 16.6. The Kier molecular flexibility index (Phi) is 6.72. The number of anilines is 3. The van der Waals surface area contributed by atoms with E-state index in [4.69, 9.17) is 0 Å². The van der Waals surface area contributed by atoms with Gasteiger partial charge >= 0.3 is 5.69 Å². The van der Waals surface area contributed by atoms with Crippen molar-refractivity contribution in [2.24, 2.45) is 0 Å². The Morgan fingerprint density at radius 2 is 1.57 bits per heavy atom. The zero-order chi connectivity index (χ0) is 25.2. The highest BCUT2D eigenvalue weighted by molar-refractivity contribution is 7.92. The van der Waals surface area contributed by atoms with Crippen molar-refractivity contribution in [2.45, 2.75) is 27.9 Å². The van der Waals surface area contributed by atoms with Crippen molar-refractivity contribution in [3.8, 4) is 0 Å². The molecule has 13 heteroatoms. The van der Waals surface area contributed by atoms with Gasteiger partial charge in [-0.1, -0.05) is 18.2 Å². The second kappa shape index (κ2) is 9.58. The normalized spacial score (nSPS) is 15.1. The molecule has 0 bridgehead atoms. The van der Waals surface area contributed by atoms with E-state index in [1.165, 1.54) is 30.6 Å². The molecule has 0 aliphatic carbocycles. The molecule has 0 spiro atoms. The Bertz CT molecular complexity index is 1440. The topological polar surface area (TPSA) is 152 Å². The molecular weight excluding hydrogens is 494 g/mol. The molecule has 11 nitrogen and oxygen atoms in total. The van der Waals surface area contributed by atoms with Gasteiger partial charge in [-0.15, -0.1) is 0 Å². The molecule has 0 radical (unpaired) electrons. The molecule has 1 N–H and O–H groups in total. The van der Waals surface area contributed by atoms with Crippen LogP contribution in [0, 0.1) is 10.1 Å². The van der Waals surface area contributed by atoms with Crippen LogP contribution in [0.1, 0.15) is 12.8 Å². The summed E-state index contributed by atoms with van der Waals surface area (Å²) in [7, 11) is -6.88. The van der Waals surface area contributed by atoms with Gasteiger partial charge in [0.1, 0.15) is 6.33 Å². The van der Waals surface area contributed by atoms with E-state index in [0.29, 0.717) is 18.5 Å². The van der Waals surface area contributed by atoms with Gasteiger partial charge in [-0.25, -0.2) is 26.8 Å². The molecule has 0 amide bonds. The number of benzene rings is 2. The monoisotopic (exact) mass is 517 g/mol. The molecule has 0 unspecified atom stereocenters. The largest absolute Gasteiger partial charge is 0.353 e. The smallest absolute Gasteiger partial charge is 0.351 e. The van der Waals surface area contributed by atoms with Crippen LogP contribution in [0.5, 0.6) is 0 Å². The Hall–Kier alpha value is -3.58. The molecule has 4 rings (SSSR count). The van der Waals surface area contributed by atoms with E-state index < -0.39 is 29.8 Å². The molecule has 2 heterocycles. The highest BCUT2D eigenvalue weighted by atomic mass is 32.2. The highest BCUT2D eigenvalue weighted by Crippen LogP contribution is 2.36. The van der Waals surface area contributed by atoms with Gasteiger partial charge in [0.2, 0.25) is 11.6 Å². The summed E-state index contributed by atoms with van der Waals surface area (Å²) >= 11 is 0. The minimum Gasteiger partial charge on any atom is -0.351 e. The van der Waals surface area contributed by atoms with Crippen molar-refractivity contribution in [1.29, 1.82) is 0 Å². The van der Waals surface area contributed by atoms with E-state index in [9.17, 15) is 26.9 Å². The zero-order valence-electron chi connectivity index (χ0n) is 18.7. The standard InChI is InChI=1S/C22H23N5O6S2/c1-34(30,31)17-9-7-16(8-10-17)25-21-20(27(28)29)22(24-15-23-21)26-13-11-19(12-14-26)35(32,33)18-5-3-2-4-6-18/h2-10,15,19H,11-14H2,1H3,(H,23,24,25). The van der Waals surface area contributed by atoms with Crippen molar-refractivity contribution in [3.05, 3.63) is 71.0 Å². The molecule has 0 saturated carbocycles. The highest BCUT2D eigenvalue weighted by Gasteiger charge is 2.35. The quantitative estimate of drug-likeness (QED) is 0.365. The third-order valence-electron chi connectivity index (χ3n) is 5.78. The number of nitro groups is 1. The van der Waals surface area contributed by atoms with E-state index >= 15 is 0 Å². The summed E-state index contributed by atoms with van der Waals surface area (Å²) in [6, 6.07) is 14.0. The average molecular weight is 518 g/mol. The van der Waals surface area contributed by atoms with Crippen LogP contribution in [-0.4, -0.2) is 56.3 Å². The maximum absolute atomic E-state index is 12.9. The van der Waals surface area contributed by atoms with Gasteiger partial charge in [0.05, 0.1) is 20.0 Å². The molecule has 1 fully saturated rings. The zero-order valence-corrected chi connectivity index (χ0v) is 20.4. The summed E-state index contributed by atoms with van der Waals surface area (Å²) in [4.78, 5) is 21.6. The van der Waals surface area contributed by atoms with Crippen molar-refractivity contribution < 1.29 is 21.8 Å². The second-order valence-electron chi connectivity index (χ2n) is 8.12. The lowest BCUT2D eigenvalue weighted by molar-refractivity contribution is -0.383. The summed E-state index contributed by atoms with van der Waals surface area (Å²) in [5, 5.41) is 14.2. The number of sulfone groups is 2. The molecule has 1 saturated heterocycles. The van der Waals surface area contributed by atoms with Crippen molar-refractivity contribution in [1.82, 2.24) is 9.97 Å². The summed E-state index contributed by atoms with van der Waals surface area (Å²) in [6.07, 6.45) is 2.88. The van der Waals surface area contributed by atoms with Gasteiger partial charge in [-0.05, 0) is 49.2 Å². The predicted molar refractivity (Wildman–Crippen MR) is 130 cm³/mol. The molecule has 1 aliphatic rings. The number of hydrogen-bond acceptors (Lipinski definition) is 10. The summed E-state index contributed by atoms with van der Waals surface area (Å²) in [5.74, 6) is 0.0435. The van der Waals surface area contributed by atoms with E-state index in [1.54, 1.807) is 35.2 Å². The van der Waals surface area contributed by atoms with Crippen LogP contribution in [0.15, 0.2) is 70.7 Å². The maximum Gasteiger partial charge on any atom is 0.353 e. The fourth-order valence-electron chi connectivity index (χ4n) is 3.96. The van der Waals surface area contributed by atoms with Gasteiger partial charge in [0.25, 0.3) is 0 Å². The van der Waals surface area contributed by atoms with Crippen molar-refractivity contribution >= 4 is 42.7 Å². The number of nitrogens with one attached hydrogen (secondary N) is 1. The Labute approximate surface area is 202 Å². The van der Waals surface area contributed by atoms with Gasteiger partial charge < -0.3 is 10.2 Å². The third kappa shape index (κ3) is 5.25. The second-order valence-corrected chi connectivity index (χ2v) is 12.4. The summed E-state index contributed by atoms with van der Waals surface area (Å²) in [6.45, 7) is 0.550. The fraction of sp³-hybridized carbons (Fsp3) is 0.273. The van der Waals surface area contributed by atoms with Crippen LogP contribution in [0.4, 0.5) is 23.0 Å². The van der Waals surface area contributed by atoms with Crippen LogP contribution in [0.3, 0.4) is 0 Å². The molecular formula is C22H23N5O6S2. The number of aromatic nitrogens is 2. The van der Waals surface area contributed by atoms with Gasteiger partial charge in [-0.3, -0.25) is 10.1 Å². The van der Waals surface area contributed by atoms with E-state index in [0.717, 1.165) is 6.26 Å². The molecule has 184 valence electrons. The van der Waals surface area contributed by atoms with Crippen LogP contribution in [0.2, 0.25) is 0 Å². The first-order valence-corrected chi connectivity index (χ1v) is 14.1. The van der Waals surface area contributed by atoms with Crippen molar-refractivity contribution in [3.63, 3.8) is 0 Å². The molecule has 3 aromatic rings. The minimum absolute atomic E-state index is 0.0499.